The Balaban J connectivity index is 1.27. The lowest BCUT2D eigenvalue weighted by Gasteiger charge is -2.52. The number of ether oxygens (including phenoxy) is 2. The number of piperidine rings is 1. The summed E-state index contributed by atoms with van der Waals surface area (Å²) in [5.74, 6) is 0.186. The molecule has 1 aromatic rings. The molecule has 2 aliphatic heterocycles. The molecule has 2 saturated heterocycles. The maximum absolute atomic E-state index is 12.7. The Labute approximate surface area is 192 Å². The third-order valence-electron chi connectivity index (χ3n) is 7.52. The molecule has 4 atom stereocenters. The van der Waals surface area contributed by atoms with Crippen LogP contribution in [0.4, 0.5) is 13.2 Å². The molecule has 33 heavy (non-hydrogen) atoms. The van der Waals surface area contributed by atoms with Crippen molar-refractivity contribution in [3.63, 3.8) is 0 Å². The summed E-state index contributed by atoms with van der Waals surface area (Å²) in [4.78, 5) is 27.4. The minimum Gasteiger partial charge on any atom is -0.465 e. The molecule has 4 rings (SSSR count). The summed E-state index contributed by atoms with van der Waals surface area (Å²) in [5.41, 5.74) is -0.450. The van der Waals surface area contributed by atoms with Gasteiger partial charge in [-0.2, -0.15) is 13.2 Å². The van der Waals surface area contributed by atoms with Crippen molar-refractivity contribution >= 4 is 11.9 Å². The molecular formula is C25H32F3NO4. The van der Waals surface area contributed by atoms with E-state index in [1.807, 2.05) is 4.90 Å². The van der Waals surface area contributed by atoms with E-state index in [4.69, 9.17) is 9.47 Å². The highest BCUT2D eigenvalue weighted by atomic mass is 19.4. The van der Waals surface area contributed by atoms with Gasteiger partial charge in [0.05, 0.1) is 30.7 Å². The van der Waals surface area contributed by atoms with Gasteiger partial charge in [-0.1, -0.05) is 26.0 Å². The Kier molecular flexibility index (Phi) is 6.76. The first kappa shape index (κ1) is 24.0. The lowest BCUT2D eigenvalue weighted by atomic mass is 9.70. The number of esters is 1. The van der Waals surface area contributed by atoms with Crippen molar-refractivity contribution in [2.45, 2.75) is 76.7 Å². The first-order valence-corrected chi connectivity index (χ1v) is 11.9. The summed E-state index contributed by atoms with van der Waals surface area (Å²) in [7, 11) is 0. The molecule has 2 heterocycles. The first-order chi connectivity index (χ1) is 15.6. The molecule has 1 aliphatic carbocycles. The fraction of sp³-hybridized carbons (Fsp3) is 0.680. The standard InChI is InChI=1S/C25H32F3NO4/c1-16(2)21-15-33-24-12-11-18(14-20(24)9-10-22(30)29(21)24)23(31)32-13-3-4-17-5-7-19(8-6-17)25(26,27)28/h5-8,16,18,20-21H,3-4,9-15H2,1-2H3/t18?,20-,21-,24-/m1/s1. The fourth-order valence-corrected chi connectivity index (χ4v) is 5.68. The average molecular weight is 468 g/mol. The summed E-state index contributed by atoms with van der Waals surface area (Å²) >= 11 is 0. The van der Waals surface area contributed by atoms with E-state index in [1.165, 1.54) is 12.1 Å². The monoisotopic (exact) mass is 467 g/mol. The van der Waals surface area contributed by atoms with Crippen LogP contribution in [0.5, 0.6) is 0 Å². The summed E-state index contributed by atoms with van der Waals surface area (Å²) in [6, 6.07) is 5.17. The molecule has 0 radical (unpaired) electrons. The number of nitrogens with zero attached hydrogens (tertiary/aromatic N) is 1. The highest BCUT2D eigenvalue weighted by Crippen LogP contribution is 2.51. The van der Waals surface area contributed by atoms with Gasteiger partial charge in [0.25, 0.3) is 0 Å². The molecule has 5 nitrogen and oxygen atoms in total. The van der Waals surface area contributed by atoms with E-state index in [1.54, 1.807) is 0 Å². The van der Waals surface area contributed by atoms with Crippen LogP contribution in [0, 0.1) is 17.8 Å². The molecule has 0 bridgehead atoms. The van der Waals surface area contributed by atoms with Crippen LogP contribution in [-0.4, -0.2) is 41.8 Å². The Hall–Kier alpha value is -2.09. The summed E-state index contributed by atoms with van der Waals surface area (Å²) in [6.07, 6.45) is -0.0741. The smallest absolute Gasteiger partial charge is 0.416 e. The molecule has 1 saturated carbocycles. The zero-order valence-corrected chi connectivity index (χ0v) is 19.2. The molecule has 8 heteroatoms. The van der Waals surface area contributed by atoms with Gasteiger partial charge in [0.1, 0.15) is 5.72 Å². The first-order valence-electron chi connectivity index (χ1n) is 11.9. The lowest BCUT2D eigenvalue weighted by molar-refractivity contribution is -0.193. The summed E-state index contributed by atoms with van der Waals surface area (Å²) < 4.78 is 49.8. The van der Waals surface area contributed by atoms with E-state index in [0.717, 1.165) is 24.1 Å². The quantitative estimate of drug-likeness (QED) is 0.438. The molecule has 0 aromatic heterocycles. The second-order valence-corrected chi connectivity index (χ2v) is 9.90. The van der Waals surface area contributed by atoms with Crippen LogP contribution < -0.4 is 0 Å². The normalized spacial score (nSPS) is 29.7. The van der Waals surface area contributed by atoms with E-state index < -0.39 is 17.5 Å². The SMILES string of the molecule is CC(C)[C@H]1CO[C@]23CCC(C(=O)OCCCc4ccc(C(F)(F)F)cc4)C[C@H]2CCC(=O)N13. The Bertz CT molecular complexity index is 869. The van der Waals surface area contributed by atoms with E-state index in [9.17, 15) is 22.8 Å². The van der Waals surface area contributed by atoms with E-state index in [2.05, 4.69) is 13.8 Å². The van der Waals surface area contributed by atoms with Gasteiger partial charge >= 0.3 is 12.1 Å². The number of hydrogen-bond acceptors (Lipinski definition) is 4. The van der Waals surface area contributed by atoms with Crippen molar-refractivity contribution in [3.05, 3.63) is 35.4 Å². The third-order valence-corrected chi connectivity index (χ3v) is 7.52. The molecular weight excluding hydrogens is 435 g/mol. The third kappa shape index (κ3) is 4.77. The number of halogens is 3. The van der Waals surface area contributed by atoms with Crippen LogP contribution in [0.25, 0.3) is 0 Å². The molecule has 182 valence electrons. The van der Waals surface area contributed by atoms with E-state index in [-0.39, 0.29) is 36.4 Å². The van der Waals surface area contributed by atoms with Crippen LogP contribution in [-0.2, 0) is 31.7 Å². The van der Waals surface area contributed by atoms with Crippen molar-refractivity contribution in [1.82, 2.24) is 4.90 Å². The van der Waals surface area contributed by atoms with Crippen molar-refractivity contribution in [2.24, 2.45) is 17.8 Å². The Morgan fingerprint density at radius 3 is 2.64 bits per heavy atom. The number of carbonyl (C=O) groups is 2. The predicted molar refractivity (Wildman–Crippen MR) is 115 cm³/mol. The average Bonchev–Trinajstić information content (AvgIpc) is 3.17. The van der Waals surface area contributed by atoms with E-state index in [0.29, 0.717) is 51.0 Å². The number of benzene rings is 1. The van der Waals surface area contributed by atoms with E-state index >= 15 is 0 Å². The number of rotatable bonds is 6. The molecule has 1 aromatic carbocycles. The number of carbonyl (C=O) groups excluding carboxylic acids is 2. The zero-order chi connectivity index (χ0) is 23.8. The second kappa shape index (κ2) is 9.28. The minimum absolute atomic E-state index is 0.0917. The van der Waals surface area contributed by atoms with Crippen LogP contribution in [0.3, 0.4) is 0 Å². The number of amides is 1. The zero-order valence-electron chi connectivity index (χ0n) is 19.2. The van der Waals surface area contributed by atoms with Crippen LogP contribution >= 0.6 is 0 Å². The minimum atomic E-state index is -4.34. The van der Waals surface area contributed by atoms with Gasteiger partial charge in [0.2, 0.25) is 5.91 Å². The van der Waals surface area contributed by atoms with Crippen LogP contribution in [0.15, 0.2) is 24.3 Å². The van der Waals surface area contributed by atoms with Crippen molar-refractivity contribution in [1.29, 1.82) is 0 Å². The van der Waals surface area contributed by atoms with Crippen molar-refractivity contribution in [2.75, 3.05) is 13.2 Å². The highest BCUT2D eigenvalue weighted by Gasteiger charge is 2.59. The Morgan fingerprint density at radius 2 is 1.97 bits per heavy atom. The van der Waals surface area contributed by atoms with Crippen LogP contribution in [0.2, 0.25) is 0 Å². The molecule has 3 fully saturated rings. The molecule has 1 unspecified atom stereocenters. The molecule has 3 aliphatic rings. The van der Waals surface area contributed by atoms with Gasteiger partial charge in [0, 0.05) is 12.3 Å². The van der Waals surface area contributed by atoms with Gasteiger partial charge in [-0.15, -0.1) is 0 Å². The van der Waals surface area contributed by atoms with Gasteiger partial charge in [-0.25, -0.2) is 0 Å². The Morgan fingerprint density at radius 1 is 1.24 bits per heavy atom. The lowest BCUT2D eigenvalue weighted by Crippen LogP contribution is -2.61. The van der Waals surface area contributed by atoms with Crippen molar-refractivity contribution < 1.29 is 32.2 Å². The highest BCUT2D eigenvalue weighted by molar-refractivity contribution is 5.79. The number of alkyl halides is 3. The largest absolute Gasteiger partial charge is 0.465 e. The molecule has 1 amide bonds. The second-order valence-electron chi connectivity index (χ2n) is 9.90. The topological polar surface area (TPSA) is 55.8 Å². The van der Waals surface area contributed by atoms with Gasteiger partial charge < -0.3 is 14.4 Å². The van der Waals surface area contributed by atoms with Gasteiger partial charge in [-0.3, -0.25) is 9.59 Å². The number of aryl methyl sites for hydroxylation is 1. The molecule has 1 spiro atoms. The fourth-order valence-electron chi connectivity index (χ4n) is 5.68. The number of hydrogen-bond donors (Lipinski definition) is 0. The summed E-state index contributed by atoms with van der Waals surface area (Å²) in [5, 5.41) is 0. The van der Waals surface area contributed by atoms with Gasteiger partial charge in [0.15, 0.2) is 0 Å². The molecule has 0 N–H and O–H groups in total. The maximum atomic E-state index is 12.7. The summed E-state index contributed by atoms with van der Waals surface area (Å²) in [6.45, 7) is 5.01. The van der Waals surface area contributed by atoms with Gasteiger partial charge in [-0.05, 0) is 62.1 Å². The van der Waals surface area contributed by atoms with Crippen molar-refractivity contribution in [3.8, 4) is 0 Å². The van der Waals surface area contributed by atoms with Crippen LogP contribution in [0.1, 0.15) is 63.5 Å². The maximum Gasteiger partial charge on any atom is 0.416 e. The predicted octanol–water partition coefficient (Wildman–Crippen LogP) is 4.97.